The molecular weight excluding hydrogens is 296 g/mol. The largest absolute Gasteiger partial charge is 0.384 e. The van der Waals surface area contributed by atoms with E-state index < -0.39 is 0 Å². The fourth-order valence-corrected chi connectivity index (χ4v) is 3.39. The molecule has 22 heavy (non-hydrogen) atoms. The maximum absolute atomic E-state index is 5.90. The van der Waals surface area contributed by atoms with Crippen LogP contribution in [0.1, 0.15) is 22.7 Å². The average Bonchev–Trinajstić information content (AvgIpc) is 2.91. The summed E-state index contributed by atoms with van der Waals surface area (Å²) in [6.07, 6.45) is 4.03. The van der Waals surface area contributed by atoms with Crippen LogP contribution in [0.2, 0.25) is 0 Å². The van der Waals surface area contributed by atoms with E-state index in [0.717, 1.165) is 44.1 Å². The van der Waals surface area contributed by atoms with Crippen LogP contribution in [-0.2, 0) is 17.7 Å². The van der Waals surface area contributed by atoms with Crippen LogP contribution >= 0.6 is 11.3 Å². The van der Waals surface area contributed by atoms with Crippen LogP contribution in [0.25, 0.3) is 0 Å². The van der Waals surface area contributed by atoms with Gasteiger partial charge in [0.1, 0.15) is 5.82 Å². The lowest BCUT2D eigenvalue weighted by molar-refractivity contribution is -0.0348. The van der Waals surface area contributed by atoms with Crippen molar-refractivity contribution in [1.82, 2.24) is 14.9 Å². The highest BCUT2D eigenvalue weighted by molar-refractivity contribution is 7.09. The molecule has 3 rings (SSSR count). The molecule has 0 aromatic carbocycles. The molecule has 1 saturated heterocycles. The molecule has 1 aliphatic rings. The van der Waals surface area contributed by atoms with Gasteiger partial charge in [0.05, 0.1) is 23.4 Å². The standard InChI is InChI=1S/C16H22N4OS/c1-12-19-14(11-22-12)9-20-6-7-21-15(10-20)3-2-13-4-5-18-16(17)8-13/h4-5,8,11,15H,2-3,6-7,9-10H2,1H3,(H2,17,18)/t15-/m1/s1. The van der Waals surface area contributed by atoms with Crippen LogP contribution < -0.4 is 5.73 Å². The fraction of sp³-hybridized carbons (Fsp3) is 0.500. The Kier molecular flexibility index (Phi) is 5.02. The third kappa shape index (κ3) is 4.25. The summed E-state index contributed by atoms with van der Waals surface area (Å²) in [7, 11) is 0. The zero-order chi connectivity index (χ0) is 15.4. The van der Waals surface area contributed by atoms with Gasteiger partial charge in [-0.05, 0) is 37.5 Å². The summed E-state index contributed by atoms with van der Waals surface area (Å²) in [6.45, 7) is 5.72. The minimum Gasteiger partial charge on any atom is -0.384 e. The van der Waals surface area contributed by atoms with Gasteiger partial charge in [0.15, 0.2) is 0 Å². The van der Waals surface area contributed by atoms with E-state index in [1.54, 1.807) is 17.5 Å². The number of nitrogens with two attached hydrogens (primary N) is 1. The second kappa shape index (κ2) is 7.17. The molecule has 0 amide bonds. The van der Waals surface area contributed by atoms with Crippen LogP contribution in [-0.4, -0.2) is 40.7 Å². The average molecular weight is 318 g/mol. The minimum atomic E-state index is 0.280. The normalized spacial score (nSPS) is 19.4. The van der Waals surface area contributed by atoms with E-state index in [1.165, 1.54) is 11.3 Å². The second-order valence-corrected chi connectivity index (χ2v) is 6.78. The first-order valence-electron chi connectivity index (χ1n) is 7.64. The topological polar surface area (TPSA) is 64.3 Å². The Morgan fingerprint density at radius 2 is 2.41 bits per heavy atom. The van der Waals surface area contributed by atoms with Crippen molar-refractivity contribution < 1.29 is 4.74 Å². The van der Waals surface area contributed by atoms with Gasteiger partial charge in [-0.15, -0.1) is 11.3 Å². The Hall–Kier alpha value is -1.50. The maximum Gasteiger partial charge on any atom is 0.123 e. The number of rotatable bonds is 5. The van der Waals surface area contributed by atoms with Crippen molar-refractivity contribution in [3.8, 4) is 0 Å². The number of nitrogens with zero attached hydrogens (tertiary/aromatic N) is 3. The molecule has 1 fully saturated rings. The summed E-state index contributed by atoms with van der Waals surface area (Å²) in [5.74, 6) is 0.586. The molecule has 118 valence electrons. The number of morpholine rings is 1. The van der Waals surface area contributed by atoms with Crippen LogP contribution in [0, 0.1) is 6.92 Å². The van der Waals surface area contributed by atoms with E-state index in [0.29, 0.717) is 5.82 Å². The van der Waals surface area contributed by atoms with E-state index in [-0.39, 0.29) is 6.10 Å². The van der Waals surface area contributed by atoms with Gasteiger partial charge in [0, 0.05) is 31.2 Å². The molecule has 0 radical (unpaired) electrons. The third-order valence-electron chi connectivity index (χ3n) is 3.88. The molecule has 0 saturated carbocycles. The van der Waals surface area contributed by atoms with Gasteiger partial charge in [-0.25, -0.2) is 9.97 Å². The molecule has 2 aromatic rings. The lowest BCUT2D eigenvalue weighted by Gasteiger charge is -2.32. The van der Waals surface area contributed by atoms with E-state index in [9.17, 15) is 0 Å². The number of aromatic nitrogens is 2. The lowest BCUT2D eigenvalue weighted by atomic mass is 10.1. The Morgan fingerprint density at radius 1 is 1.50 bits per heavy atom. The Bertz CT molecular complexity index is 616. The van der Waals surface area contributed by atoms with Gasteiger partial charge in [-0.2, -0.15) is 0 Å². The van der Waals surface area contributed by atoms with Gasteiger partial charge >= 0.3 is 0 Å². The van der Waals surface area contributed by atoms with Gasteiger partial charge in [0.2, 0.25) is 0 Å². The third-order valence-corrected chi connectivity index (χ3v) is 4.70. The summed E-state index contributed by atoms with van der Waals surface area (Å²) in [5.41, 5.74) is 8.12. The SMILES string of the molecule is Cc1nc(CN2CCO[C@H](CCc3ccnc(N)c3)C2)cs1. The molecule has 0 aliphatic carbocycles. The molecule has 0 spiro atoms. The Morgan fingerprint density at radius 3 is 3.18 bits per heavy atom. The van der Waals surface area contributed by atoms with Crippen molar-refractivity contribution in [1.29, 1.82) is 0 Å². The van der Waals surface area contributed by atoms with Gasteiger partial charge in [-0.3, -0.25) is 4.90 Å². The molecule has 3 heterocycles. The van der Waals surface area contributed by atoms with Crippen LogP contribution in [0.4, 0.5) is 5.82 Å². The van der Waals surface area contributed by atoms with Crippen molar-refractivity contribution in [2.75, 3.05) is 25.4 Å². The molecule has 0 bridgehead atoms. The van der Waals surface area contributed by atoms with Crippen LogP contribution in [0.5, 0.6) is 0 Å². The Balaban J connectivity index is 1.50. The molecule has 2 aromatic heterocycles. The highest BCUT2D eigenvalue weighted by Gasteiger charge is 2.21. The quantitative estimate of drug-likeness (QED) is 0.916. The van der Waals surface area contributed by atoms with E-state index in [4.69, 9.17) is 10.5 Å². The lowest BCUT2D eigenvalue weighted by Crippen LogP contribution is -2.42. The van der Waals surface area contributed by atoms with Gasteiger partial charge in [0.25, 0.3) is 0 Å². The smallest absolute Gasteiger partial charge is 0.123 e. The minimum absolute atomic E-state index is 0.280. The van der Waals surface area contributed by atoms with Crippen molar-refractivity contribution in [2.45, 2.75) is 32.4 Å². The molecule has 1 aliphatic heterocycles. The molecule has 6 heteroatoms. The molecular formula is C16H22N4OS. The maximum atomic E-state index is 5.90. The first kappa shape index (κ1) is 15.4. The zero-order valence-corrected chi connectivity index (χ0v) is 13.7. The number of pyridine rings is 1. The molecule has 1 atom stereocenters. The first-order valence-corrected chi connectivity index (χ1v) is 8.52. The number of anilines is 1. The van der Waals surface area contributed by atoms with E-state index in [1.807, 2.05) is 12.1 Å². The van der Waals surface area contributed by atoms with Gasteiger partial charge in [-0.1, -0.05) is 0 Å². The summed E-state index contributed by atoms with van der Waals surface area (Å²) in [6, 6.07) is 3.97. The zero-order valence-electron chi connectivity index (χ0n) is 12.9. The fourth-order valence-electron chi connectivity index (χ4n) is 2.79. The molecule has 2 N–H and O–H groups in total. The predicted octanol–water partition coefficient (Wildman–Crippen LogP) is 2.26. The van der Waals surface area contributed by atoms with Crippen LogP contribution in [0.15, 0.2) is 23.7 Å². The second-order valence-electron chi connectivity index (χ2n) is 5.71. The van der Waals surface area contributed by atoms with Crippen molar-refractivity contribution >= 4 is 17.2 Å². The first-order chi connectivity index (χ1) is 10.7. The number of hydrogen-bond acceptors (Lipinski definition) is 6. The Labute approximate surface area is 135 Å². The summed E-state index contributed by atoms with van der Waals surface area (Å²) in [4.78, 5) is 11.0. The monoisotopic (exact) mass is 318 g/mol. The van der Waals surface area contributed by atoms with Crippen molar-refractivity contribution in [2.24, 2.45) is 0 Å². The summed E-state index contributed by atoms with van der Waals surface area (Å²) >= 11 is 1.72. The highest BCUT2D eigenvalue weighted by atomic mass is 32.1. The predicted molar refractivity (Wildman–Crippen MR) is 88.8 cm³/mol. The van der Waals surface area contributed by atoms with Crippen molar-refractivity contribution in [3.05, 3.63) is 40.0 Å². The number of thiazole rings is 1. The van der Waals surface area contributed by atoms with E-state index >= 15 is 0 Å². The summed E-state index contributed by atoms with van der Waals surface area (Å²) in [5, 5.41) is 3.29. The molecule has 5 nitrogen and oxygen atoms in total. The number of ether oxygens (including phenoxy) is 1. The van der Waals surface area contributed by atoms with Crippen molar-refractivity contribution in [3.63, 3.8) is 0 Å². The number of aryl methyl sites for hydroxylation is 2. The number of hydrogen-bond donors (Lipinski definition) is 1. The summed E-state index contributed by atoms with van der Waals surface area (Å²) < 4.78 is 5.90. The van der Waals surface area contributed by atoms with E-state index in [2.05, 4.69) is 27.2 Å². The number of nitrogen functional groups attached to an aromatic ring is 1. The molecule has 0 unspecified atom stereocenters. The van der Waals surface area contributed by atoms with Crippen LogP contribution in [0.3, 0.4) is 0 Å². The highest BCUT2D eigenvalue weighted by Crippen LogP contribution is 2.16. The van der Waals surface area contributed by atoms with Gasteiger partial charge < -0.3 is 10.5 Å².